The Morgan fingerprint density at radius 2 is 2.00 bits per heavy atom. The van der Waals surface area contributed by atoms with Crippen molar-refractivity contribution in [3.63, 3.8) is 0 Å². The number of pyridine rings is 2. The van der Waals surface area contributed by atoms with Gasteiger partial charge in [0.25, 0.3) is 5.91 Å². The van der Waals surface area contributed by atoms with Crippen molar-refractivity contribution in [2.45, 2.75) is 63.7 Å². The standard InChI is InChI=1S/C28H35ClF3N7O2S/c1-26(2,28(30,31)32)17-41-22-12-14-39(37-22)21-11-10-19(24(29)36-21)25(40)38-42-23-9-5-8-20(35-23)33-13-6-7-18-15-27(3,4)34-16-18/h5,8-12,14,18,34H,6-7,13,15-17H2,1-4H3,(H,33,35)(H,38,40)/t18-/m0/s1. The number of hydrogen-bond acceptors (Lipinski definition) is 8. The minimum atomic E-state index is -4.42. The number of nitrogens with zero attached hydrogens (tertiary/aromatic N) is 4. The highest BCUT2D eigenvalue weighted by atomic mass is 35.5. The molecule has 3 N–H and O–H groups in total. The van der Waals surface area contributed by atoms with Crippen molar-refractivity contribution in [2.75, 3.05) is 25.0 Å². The molecule has 0 bridgehead atoms. The van der Waals surface area contributed by atoms with E-state index >= 15 is 0 Å². The van der Waals surface area contributed by atoms with Crippen molar-refractivity contribution in [1.29, 1.82) is 0 Å². The maximum absolute atomic E-state index is 13.1. The van der Waals surface area contributed by atoms with Crippen molar-refractivity contribution < 1.29 is 22.7 Å². The molecular weight excluding hydrogens is 591 g/mol. The van der Waals surface area contributed by atoms with Gasteiger partial charge in [-0.05, 0) is 83.7 Å². The second-order valence-corrected chi connectivity index (χ2v) is 12.8. The lowest BCUT2D eigenvalue weighted by Gasteiger charge is -2.26. The van der Waals surface area contributed by atoms with Crippen LogP contribution in [0.3, 0.4) is 0 Å². The molecule has 0 spiro atoms. The third-order valence-electron chi connectivity index (χ3n) is 6.96. The zero-order valence-electron chi connectivity index (χ0n) is 23.9. The lowest BCUT2D eigenvalue weighted by atomic mass is 9.94. The predicted octanol–water partition coefficient (Wildman–Crippen LogP) is 6.30. The van der Waals surface area contributed by atoms with Crippen molar-refractivity contribution in [3.05, 3.63) is 53.3 Å². The van der Waals surface area contributed by atoms with Gasteiger partial charge < -0.3 is 15.4 Å². The fourth-order valence-corrected chi connectivity index (χ4v) is 5.22. The quantitative estimate of drug-likeness (QED) is 0.122. The van der Waals surface area contributed by atoms with Crippen LogP contribution in [-0.2, 0) is 0 Å². The average Bonchev–Trinajstić information content (AvgIpc) is 3.54. The van der Waals surface area contributed by atoms with Crippen LogP contribution in [0.4, 0.5) is 19.0 Å². The number of aromatic nitrogens is 4. The summed E-state index contributed by atoms with van der Waals surface area (Å²) in [6.07, 6.45) is 0.439. The molecule has 14 heteroatoms. The molecule has 4 heterocycles. The SMILES string of the molecule is CC1(C)C[C@H](CCCNc2cccc(SNC(=O)c3ccc(-n4ccc(OCC(C)(C)C(F)(F)F)n4)nc3Cl)n2)CN1. The molecule has 0 aliphatic carbocycles. The van der Waals surface area contributed by atoms with Crippen molar-refractivity contribution in [1.82, 2.24) is 29.8 Å². The van der Waals surface area contributed by atoms with Gasteiger partial charge in [0, 0.05) is 36.3 Å². The highest BCUT2D eigenvalue weighted by Crippen LogP contribution is 2.37. The molecule has 0 aromatic carbocycles. The lowest BCUT2D eigenvalue weighted by molar-refractivity contribution is -0.219. The number of alkyl halides is 3. The summed E-state index contributed by atoms with van der Waals surface area (Å²) >= 11 is 7.34. The predicted molar refractivity (Wildman–Crippen MR) is 157 cm³/mol. The number of amides is 1. The van der Waals surface area contributed by atoms with E-state index in [4.69, 9.17) is 16.3 Å². The summed E-state index contributed by atoms with van der Waals surface area (Å²) in [5.41, 5.74) is -1.68. The molecule has 1 amide bonds. The highest BCUT2D eigenvalue weighted by molar-refractivity contribution is 7.97. The Kier molecular flexibility index (Phi) is 9.94. The van der Waals surface area contributed by atoms with Crippen LogP contribution in [-0.4, -0.2) is 57.1 Å². The van der Waals surface area contributed by atoms with Crippen LogP contribution in [0.1, 0.15) is 57.3 Å². The molecule has 228 valence electrons. The molecule has 1 fully saturated rings. The van der Waals surface area contributed by atoms with Crippen LogP contribution in [0.15, 0.2) is 47.6 Å². The van der Waals surface area contributed by atoms with Gasteiger partial charge in [0.1, 0.15) is 22.6 Å². The molecule has 0 saturated carbocycles. The largest absolute Gasteiger partial charge is 0.476 e. The number of ether oxygens (including phenoxy) is 1. The number of rotatable bonds is 12. The first-order chi connectivity index (χ1) is 19.7. The van der Waals surface area contributed by atoms with E-state index < -0.39 is 24.1 Å². The van der Waals surface area contributed by atoms with Crippen molar-refractivity contribution in [2.24, 2.45) is 11.3 Å². The molecule has 0 unspecified atom stereocenters. The van der Waals surface area contributed by atoms with Crippen molar-refractivity contribution >= 4 is 35.3 Å². The first kappa shape index (κ1) is 31.9. The average molecular weight is 626 g/mol. The van der Waals surface area contributed by atoms with Gasteiger partial charge in [-0.2, -0.15) is 13.2 Å². The Morgan fingerprint density at radius 1 is 1.21 bits per heavy atom. The number of anilines is 1. The van der Waals surface area contributed by atoms with Gasteiger partial charge in [0.05, 0.1) is 11.0 Å². The monoisotopic (exact) mass is 625 g/mol. The summed E-state index contributed by atoms with van der Waals surface area (Å²) in [5, 5.41) is 11.5. The number of nitrogens with one attached hydrogen (secondary N) is 3. The molecule has 3 aromatic heterocycles. The summed E-state index contributed by atoms with van der Waals surface area (Å²) in [4.78, 5) is 21.5. The molecular formula is C28H35ClF3N7O2S. The van der Waals surface area contributed by atoms with Gasteiger partial charge in [-0.25, -0.2) is 14.6 Å². The number of carbonyl (C=O) groups excluding carboxylic acids is 1. The summed E-state index contributed by atoms with van der Waals surface area (Å²) in [7, 11) is 0. The van der Waals surface area contributed by atoms with E-state index in [1.54, 1.807) is 6.07 Å². The Labute approximate surface area is 252 Å². The summed E-state index contributed by atoms with van der Waals surface area (Å²) in [6.45, 7) is 7.85. The van der Waals surface area contributed by atoms with Gasteiger partial charge >= 0.3 is 6.18 Å². The first-order valence-electron chi connectivity index (χ1n) is 13.6. The van der Waals surface area contributed by atoms with Crippen LogP contribution in [0.25, 0.3) is 5.82 Å². The molecule has 42 heavy (non-hydrogen) atoms. The van der Waals surface area contributed by atoms with Crippen LogP contribution in [0, 0.1) is 11.3 Å². The van der Waals surface area contributed by atoms with E-state index in [-0.39, 0.29) is 28.0 Å². The third-order valence-corrected chi connectivity index (χ3v) is 7.97. The van der Waals surface area contributed by atoms with E-state index in [2.05, 4.69) is 44.3 Å². The molecule has 1 atom stereocenters. The van der Waals surface area contributed by atoms with E-state index in [0.717, 1.165) is 57.5 Å². The Balaban J connectivity index is 1.26. The van der Waals surface area contributed by atoms with Gasteiger partial charge in [0.15, 0.2) is 5.82 Å². The molecule has 1 aliphatic heterocycles. The maximum Gasteiger partial charge on any atom is 0.397 e. The highest BCUT2D eigenvalue weighted by Gasteiger charge is 2.48. The molecule has 9 nitrogen and oxygen atoms in total. The molecule has 0 radical (unpaired) electrons. The second-order valence-electron chi connectivity index (χ2n) is 11.6. The van der Waals surface area contributed by atoms with Crippen LogP contribution in [0.5, 0.6) is 5.88 Å². The Bertz CT molecular complexity index is 1380. The summed E-state index contributed by atoms with van der Waals surface area (Å²) in [5.74, 6) is 1.23. The van der Waals surface area contributed by atoms with Gasteiger partial charge in [-0.1, -0.05) is 17.7 Å². The number of hydrogen-bond donors (Lipinski definition) is 3. The first-order valence-corrected chi connectivity index (χ1v) is 14.8. The van der Waals surface area contributed by atoms with E-state index in [1.165, 1.54) is 35.5 Å². The second kappa shape index (κ2) is 13.1. The van der Waals surface area contributed by atoms with E-state index in [0.29, 0.717) is 10.9 Å². The number of halogens is 4. The van der Waals surface area contributed by atoms with E-state index in [9.17, 15) is 18.0 Å². The van der Waals surface area contributed by atoms with Gasteiger partial charge in [-0.15, -0.1) is 5.10 Å². The normalized spacial score (nSPS) is 16.8. The van der Waals surface area contributed by atoms with Crippen molar-refractivity contribution in [3.8, 4) is 11.7 Å². The zero-order chi connectivity index (χ0) is 30.5. The Hall–Kier alpha value is -3.03. The Morgan fingerprint density at radius 3 is 2.69 bits per heavy atom. The lowest BCUT2D eigenvalue weighted by Crippen LogP contribution is -2.37. The molecule has 1 aliphatic rings. The third kappa shape index (κ3) is 8.51. The minimum Gasteiger partial charge on any atom is -0.476 e. The van der Waals surface area contributed by atoms with Crippen LogP contribution >= 0.6 is 23.5 Å². The topological polar surface area (TPSA) is 106 Å². The molecule has 3 aromatic rings. The summed E-state index contributed by atoms with van der Waals surface area (Å²) in [6, 6.07) is 9.97. The fraction of sp³-hybridized carbons (Fsp3) is 0.500. The van der Waals surface area contributed by atoms with Crippen LogP contribution < -0.4 is 20.1 Å². The van der Waals surface area contributed by atoms with Gasteiger partial charge in [-0.3, -0.25) is 9.52 Å². The molecule has 1 saturated heterocycles. The summed E-state index contributed by atoms with van der Waals surface area (Å²) < 4.78 is 48.5. The smallest absolute Gasteiger partial charge is 0.397 e. The maximum atomic E-state index is 13.1. The molecule has 4 rings (SSSR count). The minimum absolute atomic E-state index is 0.00263. The van der Waals surface area contributed by atoms with E-state index in [1.807, 2.05) is 12.1 Å². The van der Waals surface area contributed by atoms with Gasteiger partial charge in [0.2, 0.25) is 5.88 Å². The fourth-order valence-electron chi connectivity index (χ4n) is 4.39. The number of carbonyl (C=O) groups is 1. The van der Waals surface area contributed by atoms with Crippen LogP contribution in [0.2, 0.25) is 5.15 Å². The zero-order valence-corrected chi connectivity index (χ0v) is 25.5.